The first kappa shape index (κ1) is 41.9. The zero-order valence-corrected chi connectivity index (χ0v) is 41.1. The molecule has 320 valence electrons. The molecule has 6 aromatic carbocycles. The minimum absolute atomic E-state index is 0.0129. The number of benzene rings is 6. The molecule has 10 rings (SSSR count). The topological polar surface area (TPSA) is 6.48 Å². The molecule has 3 aliphatic rings. The highest BCUT2D eigenvalue weighted by atomic mass is 32.1. The number of nitrogens with zero attached hydrogens (tertiary/aromatic N) is 2. The van der Waals surface area contributed by atoms with Gasteiger partial charge in [-0.15, -0.1) is 11.3 Å². The van der Waals surface area contributed by atoms with Crippen LogP contribution >= 0.6 is 11.3 Å². The van der Waals surface area contributed by atoms with Crippen molar-refractivity contribution in [2.75, 3.05) is 9.80 Å². The van der Waals surface area contributed by atoms with Crippen LogP contribution in [0.1, 0.15) is 136 Å². The molecule has 4 heteroatoms. The number of rotatable bonds is 3. The Hall–Kier alpha value is -5.06. The molecule has 0 unspecified atom stereocenters. The second-order valence-electron chi connectivity index (χ2n) is 23.4. The van der Waals surface area contributed by atoms with E-state index in [9.17, 15) is 0 Å². The Morgan fingerprint density at radius 2 is 1.11 bits per heavy atom. The van der Waals surface area contributed by atoms with Crippen molar-refractivity contribution in [1.29, 1.82) is 0 Å². The van der Waals surface area contributed by atoms with Crippen molar-refractivity contribution in [3.8, 4) is 11.1 Å². The molecule has 1 aromatic heterocycles. The third-order valence-electron chi connectivity index (χ3n) is 14.9. The van der Waals surface area contributed by atoms with Crippen LogP contribution in [-0.4, -0.2) is 6.71 Å². The molecule has 2 nitrogen and oxygen atoms in total. The molecule has 3 heterocycles. The summed E-state index contributed by atoms with van der Waals surface area (Å²) in [5.74, 6) is 0. The summed E-state index contributed by atoms with van der Waals surface area (Å²) in [4.78, 5) is 5.29. The van der Waals surface area contributed by atoms with Gasteiger partial charge in [-0.2, -0.15) is 0 Å². The van der Waals surface area contributed by atoms with Gasteiger partial charge in [0, 0.05) is 43.3 Å². The molecule has 63 heavy (non-hydrogen) atoms. The molecule has 1 aliphatic carbocycles. The number of hydrogen-bond acceptors (Lipinski definition) is 3. The molecule has 2 aliphatic heterocycles. The maximum Gasteiger partial charge on any atom is 0.264 e. The lowest BCUT2D eigenvalue weighted by atomic mass is 9.36. The standard InChI is InChI=1S/C59H65BN2S/c1-36-17-15-16-18-43(36)37-31-49-52-50(32-37)62(42-25-27-45-46(35-42)59(13,14)30-29-58(45,11)12)53-44-26-21-40(57(8,9)10)34-51(44)63-54(53)60(52)47-33-39(56(5,6)7)22-28-48(47)61(49)41-23-19-38(20-24-41)55(2,3)4/h15-28,31-35H,29-30H2,1-14H3. The second kappa shape index (κ2) is 14.0. The average Bonchev–Trinajstić information content (AvgIpc) is 3.60. The van der Waals surface area contributed by atoms with E-state index in [1.165, 1.54) is 117 Å². The van der Waals surface area contributed by atoms with Crippen LogP contribution in [0.15, 0.2) is 115 Å². The Balaban J connectivity index is 1.36. The number of hydrogen-bond donors (Lipinski definition) is 0. The van der Waals surface area contributed by atoms with Gasteiger partial charge in [0.1, 0.15) is 0 Å². The highest BCUT2D eigenvalue weighted by Crippen LogP contribution is 2.53. The van der Waals surface area contributed by atoms with Crippen LogP contribution in [0, 0.1) is 6.92 Å². The SMILES string of the molecule is Cc1ccccc1-c1cc2c3c(c1)N(c1ccc4c(c1)C(C)(C)CCC4(C)C)c1c(sc4cc(C(C)(C)C)ccc14)B3c1cc(C(C)(C)C)ccc1N2c1ccc(C(C)(C)C)cc1. The lowest BCUT2D eigenvalue weighted by molar-refractivity contribution is 0.332. The maximum absolute atomic E-state index is 2.69. The predicted molar refractivity (Wildman–Crippen MR) is 277 cm³/mol. The largest absolute Gasteiger partial charge is 0.311 e. The van der Waals surface area contributed by atoms with Crippen molar-refractivity contribution in [2.24, 2.45) is 0 Å². The van der Waals surface area contributed by atoms with E-state index in [-0.39, 0.29) is 33.8 Å². The zero-order valence-electron chi connectivity index (χ0n) is 40.3. The smallest absolute Gasteiger partial charge is 0.264 e. The third-order valence-corrected chi connectivity index (χ3v) is 16.1. The van der Waals surface area contributed by atoms with Crippen LogP contribution in [0.4, 0.5) is 34.1 Å². The molecule has 0 bridgehead atoms. The van der Waals surface area contributed by atoms with Gasteiger partial charge in [0.05, 0.1) is 5.69 Å². The van der Waals surface area contributed by atoms with Crippen molar-refractivity contribution >= 4 is 78.0 Å². The first-order valence-electron chi connectivity index (χ1n) is 23.3. The summed E-state index contributed by atoms with van der Waals surface area (Å²) >= 11 is 2.02. The Morgan fingerprint density at radius 3 is 1.76 bits per heavy atom. The molecule has 0 saturated heterocycles. The first-order chi connectivity index (χ1) is 29.5. The van der Waals surface area contributed by atoms with Gasteiger partial charge in [-0.05, 0) is 151 Å². The summed E-state index contributed by atoms with van der Waals surface area (Å²) in [5.41, 5.74) is 21.5. The van der Waals surface area contributed by atoms with Crippen molar-refractivity contribution < 1.29 is 0 Å². The zero-order chi connectivity index (χ0) is 44.8. The fraction of sp³-hybridized carbons (Fsp3) is 0.356. The predicted octanol–water partition coefficient (Wildman–Crippen LogP) is 15.2. The first-order valence-corrected chi connectivity index (χ1v) is 24.2. The Labute approximate surface area is 382 Å². The van der Waals surface area contributed by atoms with Gasteiger partial charge in [0.25, 0.3) is 6.71 Å². The van der Waals surface area contributed by atoms with E-state index < -0.39 is 0 Å². The Kier molecular flexibility index (Phi) is 9.30. The fourth-order valence-electron chi connectivity index (χ4n) is 10.8. The summed E-state index contributed by atoms with van der Waals surface area (Å²) < 4.78 is 2.79. The number of fused-ring (bicyclic) bond motifs is 7. The quantitative estimate of drug-likeness (QED) is 0.164. The van der Waals surface area contributed by atoms with Gasteiger partial charge < -0.3 is 9.80 Å². The van der Waals surface area contributed by atoms with E-state index in [1.54, 1.807) is 0 Å². The van der Waals surface area contributed by atoms with Gasteiger partial charge in [0.15, 0.2) is 0 Å². The molecule has 0 fully saturated rings. The van der Waals surface area contributed by atoms with Crippen molar-refractivity contribution in [3.05, 3.63) is 149 Å². The van der Waals surface area contributed by atoms with E-state index in [2.05, 4.69) is 222 Å². The van der Waals surface area contributed by atoms with Gasteiger partial charge in [0.2, 0.25) is 0 Å². The lowest BCUT2D eigenvalue weighted by Crippen LogP contribution is -2.60. The van der Waals surface area contributed by atoms with E-state index >= 15 is 0 Å². The summed E-state index contributed by atoms with van der Waals surface area (Å²) in [5, 5.41) is 1.34. The van der Waals surface area contributed by atoms with Crippen molar-refractivity contribution in [2.45, 2.75) is 137 Å². The fourth-order valence-corrected chi connectivity index (χ4v) is 12.2. The van der Waals surface area contributed by atoms with Crippen LogP contribution in [0.2, 0.25) is 0 Å². The van der Waals surface area contributed by atoms with E-state index in [0.717, 1.165) is 0 Å². The molecular formula is C59H65BN2S. The van der Waals surface area contributed by atoms with Gasteiger partial charge >= 0.3 is 0 Å². The molecule has 0 saturated carbocycles. The number of thiophene rings is 1. The summed E-state index contributed by atoms with van der Waals surface area (Å²) in [6.45, 7) is 33.1. The van der Waals surface area contributed by atoms with Crippen LogP contribution in [0.25, 0.3) is 21.2 Å². The van der Waals surface area contributed by atoms with Crippen LogP contribution in [0.3, 0.4) is 0 Å². The summed E-state index contributed by atoms with van der Waals surface area (Å²) in [6, 6.07) is 45.6. The summed E-state index contributed by atoms with van der Waals surface area (Å²) in [6.07, 6.45) is 2.37. The highest BCUT2D eigenvalue weighted by Gasteiger charge is 2.47. The van der Waals surface area contributed by atoms with Crippen molar-refractivity contribution in [1.82, 2.24) is 0 Å². The van der Waals surface area contributed by atoms with Crippen LogP contribution in [0.5, 0.6) is 0 Å². The van der Waals surface area contributed by atoms with E-state index in [1.807, 2.05) is 11.3 Å². The minimum atomic E-state index is -0.0129. The molecular weight excluding hydrogens is 780 g/mol. The molecule has 0 atom stereocenters. The Bertz CT molecular complexity index is 2980. The minimum Gasteiger partial charge on any atom is -0.311 e. The highest BCUT2D eigenvalue weighted by molar-refractivity contribution is 7.33. The van der Waals surface area contributed by atoms with Crippen molar-refractivity contribution in [3.63, 3.8) is 0 Å². The molecule has 0 N–H and O–H groups in total. The second-order valence-corrected chi connectivity index (χ2v) is 24.5. The van der Waals surface area contributed by atoms with Gasteiger partial charge in [-0.25, -0.2) is 0 Å². The van der Waals surface area contributed by atoms with E-state index in [0.29, 0.717) is 0 Å². The number of anilines is 6. The molecule has 7 aromatic rings. The van der Waals surface area contributed by atoms with Gasteiger partial charge in [-0.1, -0.05) is 157 Å². The van der Waals surface area contributed by atoms with E-state index in [4.69, 9.17) is 0 Å². The van der Waals surface area contributed by atoms with Gasteiger partial charge in [-0.3, -0.25) is 0 Å². The maximum atomic E-state index is 2.69. The molecule has 0 amide bonds. The summed E-state index contributed by atoms with van der Waals surface area (Å²) in [7, 11) is 0. The molecule has 0 radical (unpaired) electrons. The van der Waals surface area contributed by atoms with Crippen LogP contribution in [-0.2, 0) is 27.1 Å². The third kappa shape index (κ3) is 6.72. The normalized spacial score (nSPS) is 16.4. The molecule has 0 spiro atoms. The van der Waals surface area contributed by atoms with Crippen LogP contribution < -0.4 is 25.5 Å². The number of aryl methyl sites for hydroxylation is 1. The average molecular weight is 845 g/mol. The lowest BCUT2D eigenvalue weighted by Gasteiger charge is -2.45. The Morgan fingerprint density at radius 1 is 0.540 bits per heavy atom. The monoisotopic (exact) mass is 844 g/mol.